The molecule has 18 heavy (non-hydrogen) atoms. The van der Waals surface area contributed by atoms with Gasteiger partial charge in [0.1, 0.15) is 0 Å². The number of aromatic nitrogens is 2. The van der Waals surface area contributed by atoms with Gasteiger partial charge >= 0.3 is 5.97 Å². The third kappa shape index (κ3) is 1.77. The van der Waals surface area contributed by atoms with Crippen LogP contribution in [0.4, 0.5) is 5.82 Å². The van der Waals surface area contributed by atoms with Gasteiger partial charge in [0.05, 0.1) is 0 Å². The van der Waals surface area contributed by atoms with Gasteiger partial charge in [-0.2, -0.15) is 0 Å². The van der Waals surface area contributed by atoms with Crippen LogP contribution in [0.15, 0.2) is 11.6 Å². The van der Waals surface area contributed by atoms with Gasteiger partial charge in [0.25, 0.3) is 0 Å². The molecule has 6 heteroatoms. The Labute approximate surface area is 109 Å². The minimum Gasteiger partial charge on any atom is -0.476 e. The number of thiazole rings is 1. The van der Waals surface area contributed by atoms with Crippen molar-refractivity contribution in [3.05, 3.63) is 17.3 Å². The molecular weight excluding hydrogens is 250 g/mol. The van der Waals surface area contributed by atoms with E-state index >= 15 is 0 Å². The SMILES string of the molecule is CC1CCCN(c2nc3sccn3c2C(=O)O)C1. The van der Waals surface area contributed by atoms with Crippen molar-refractivity contribution < 1.29 is 9.90 Å². The van der Waals surface area contributed by atoms with Gasteiger partial charge < -0.3 is 10.0 Å². The minimum atomic E-state index is -0.908. The number of piperidine rings is 1. The van der Waals surface area contributed by atoms with Crippen LogP contribution in [0.5, 0.6) is 0 Å². The molecular formula is C12H15N3O2S. The van der Waals surface area contributed by atoms with E-state index in [0.717, 1.165) is 24.5 Å². The zero-order valence-corrected chi connectivity index (χ0v) is 11.0. The summed E-state index contributed by atoms with van der Waals surface area (Å²) in [7, 11) is 0. The number of hydrogen-bond acceptors (Lipinski definition) is 4. The van der Waals surface area contributed by atoms with Crippen LogP contribution in [0.3, 0.4) is 0 Å². The predicted octanol–water partition coefficient (Wildman–Crippen LogP) is 2.33. The summed E-state index contributed by atoms with van der Waals surface area (Å²) >= 11 is 1.47. The summed E-state index contributed by atoms with van der Waals surface area (Å²) in [6, 6.07) is 0. The molecule has 1 fully saturated rings. The average molecular weight is 265 g/mol. The van der Waals surface area contributed by atoms with Gasteiger partial charge in [-0.15, -0.1) is 11.3 Å². The number of imidazole rings is 1. The Morgan fingerprint density at radius 2 is 2.44 bits per heavy atom. The highest BCUT2D eigenvalue weighted by Gasteiger charge is 2.26. The van der Waals surface area contributed by atoms with Crippen LogP contribution in [0.1, 0.15) is 30.3 Å². The first-order valence-electron chi connectivity index (χ1n) is 6.10. The van der Waals surface area contributed by atoms with E-state index in [1.807, 2.05) is 5.38 Å². The molecule has 0 aliphatic carbocycles. The second-order valence-electron chi connectivity index (χ2n) is 4.84. The number of carboxylic acid groups (broad SMARTS) is 1. The van der Waals surface area contributed by atoms with E-state index in [9.17, 15) is 9.90 Å². The highest BCUT2D eigenvalue weighted by molar-refractivity contribution is 7.15. The van der Waals surface area contributed by atoms with Crippen LogP contribution < -0.4 is 4.90 Å². The molecule has 0 saturated carbocycles. The molecule has 96 valence electrons. The highest BCUT2D eigenvalue weighted by atomic mass is 32.1. The lowest BCUT2D eigenvalue weighted by Gasteiger charge is -2.31. The molecule has 1 unspecified atom stereocenters. The zero-order chi connectivity index (χ0) is 12.7. The average Bonchev–Trinajstić information content (AvgIpc) is 2.87. The van der Waals surface area contributed by atoms with Crippen molar-refractivity contribution in [2.45, 2.75) is 19.8 Å². The molecule has 1 N–H and O–H groups in total. The second-order valence-corrected chi connectivity index (χ2v) is 5.71. The number of aromatic carboxylic acids is 1. The molecule has 1 saturated heterocycles. The second kappa shape index (κ2) is 4.28. The van der Waals surface area contributed by atoms with Crippen LogP contribution in [0, 0.1) is 5.92 Å². The fraction of sp³-hybridized carbons (Fsp3) is 0.500. The summed E-state index contributed by atoms with van der Waals surface area (Å²) in [5.74, 6) is 0.315. The lowest BCUT2D eigenvalue weighted by atomic mass is 10.0. The summed E-state index contributed by atoms with van der Waals surface area (Å²) in [6.45, 7) is 3.99. The van der Waals surface area contributed by atoms with Crippen LogP contribution in [-0.4, -0.2) is 33.6 Å². The lowest BCUT2D eigenvalue weighted by molar-refractivity contribution is 0.0690. The Bertz CT molecular complexity index is 589. The van der Waals surface area contributed by atoms with Gasteiger partial charge in [-0.25, -0.2) is 9.78 Å². The monoisotopic (exact) mass is 265 g/mol. The van der Waals surface area contributed by atoms with E-state index in [-0.39, 0.29) is 0 Å². The first kappa shape index (κ1) is 11.5. The van der Waals surface area contributed by atoms with Crippen LogP contribution in [-0.2, 0) is 0 Å². The van der Waals surface area contributed by atoms with E-state index in [1.165, 1.54) is 17.8 Å². The number of rotatable bonds is 2. The van der Waals surface area contributed by atoms with Gasteiger partial charge in [-0.3, -0.25) is 4.40 Å². The van der Waals surface area contributed by atoms with Gasteiger partial charge in [-0.05, 0) is 18.8 Å². The van der Waals surface area contributed by atoms with Crippen molar-refractivity contribution in [3.8, 4) is 0 Å². The number of nitrogens with zero attached hydrogens (tertiary/aromatic N) is 3. The Kier molecular flexibility index (Phi) is 2.74. The molecule has 2 aromatic heterocycles. The number of anilines is 1. The maximum Gasteiger partial charge on any atom is 0.356 e. The molecule has 0 aromatic carbocycles. The molecule has 1 aliphatic rings. The standard InChI is InChI=1S/C12H15N3O2S/c1-8-3-2-4-14(7-8)10-9(11(16)17)15-5-6-18-12(15)13-10/h5-6,8H,2-4,7H2,1H3,(H,16,17). The number of carboxylic acids is 1. The first-order valence-corrected chi connectivity index (χ1v) is 6.98. The van der Waals surface area contributed by atoms with Crippen LogP contribution >= 0.6 is 11.3 Å². The summed E-state index contributed by atoms with van der Waals surface area (Å²) in [4.78, 5) is 18.8. The third-order valence-corrected chi connectivity index (χ3v) is 4.16. The number of fused-ring (bicyclic) bond motifs is 1. The Balaban J connectivity index is 2.07. The first-order chi connectivity index (χ1) is 8.66. The third-order valence-electron chi connectivity index (χ3n) is 3.40. The highest BCUT2D eigenvalue weighted by Crippen LogP contribution is 2.28. The van der Waals surface area contributed by atoms with Crippen molar-refractivity contribution in [1.29, 1.82) is 0 Å². The topological polar surface area (TPSA) is 57.8 Å². The molecule has 0 bridgehead atoms. The van der Waals surface area contributed by atoms with E-state index in [4.69, 9.17) is 0 Å². The molecule has 2 aromatic rings. The fourth-order valence-corrected chi connectivity index (χ4v) is 3.28. The van der Waals surface area contributed by atoms with E-state index in [1.54, 1.807) is 10.6 Å². The Morgan fingerprint density at radius 3 is 3.17 bits per heavy atom. The normalized spacial score (nSPS) is 20.5. The maximum absolute atomic E-state index is 11.4. The van der Waals surface area contributed by atoms with Crippen molar-refractivity contribution in [2.75, 3.05) is 18.0 Å². The van der Waals surface area contributed by atoms with E-state index in [0.29, 0.717) is 17.4 Å². The molecule has 0 amide bonds. The Hall–Kier alpha value is -1.56. The number of carbonyl (C=O) groups is 1. The molecule has 1 aliphatic heterocycles. The van der Waals surface area contributed by atoms with Gasteiger partial charge in [0.2, 0.25) is 0 Å². The molecule has 5 nitrogen and oxygen atoms in total. The zero-order valence-electron chi connectivity index (χ0n) is 10.2. The number of hydrogen-bond donors (Lipinski definition) is 1. The Morgan fingerprint density at radius 1 is 1.61 bits per heavy atom. The largest absolute Gasteiger partial charge is 0.476 e. The van der Waals surface area contributed by atoms with Gasteiger partial charge in [0, 0.05) is 24.7 Å². The molecule has 3 heterocycles. The summed E-state index contributed by atoms with van der Waals surface area (Å²) < 4.78 is 1.67. The quantitative estimate of drug-likeness (QED) is 0.905. The van der Waals surface area contributed by atoms with E-state index < -0.39 is 5.97 Å². The molecule has 0 spiro atoms. The van der Waals surface area contributed by atoms with Crippen LogP contribution in [0.2, 0.25) is 0 Å². The summed E-state index contributed by atoms with van der Waals surface area (Å²) in [5.41, 5.74) is 0.292. The van der Waals surface area contributed by atoms with E-state index in [2.05, 4.69) is 16.8 Å². The molecule has 0 radical (unpaired) electrons. The maximum atomic E-state index is 11.4. The molecule has 3 rings (SSSR count). The lowest BCUT2D eigenvalue weighted by Crippen LogP contribution is -2.35. The van der Waals surface area contributed by atoms with Crippen molar-refractivity contribution in [2.24, 2.45) is 5.92 Å². The predicted molar refractivity (Wildman–Crippen MR) is 70.6 cm³/mol. The smallest absolute Gasteiger partial charge is 0.356 e. The van der Waals surface area contributed by atoms with Crippen molar-refractivity contribution in [1.82, 2.24) is 9.38 Å². The summed E-state index contributed by atoms with van der Waals surface area (Å²) in [6.07, 6.45) is 4.08. The summed E-state index contributed by atoms with van der Waals surface area (Å²) in [5, 5.41) is 11.2. The van der Waals surface area contributed by atoms with Gasteiger partial charge in [0.15, 0.2) is 16.5 Å². The minimum absolute atomic E-state index is 0.292. The fourth-order valence-electron chi connectivity index (χ4n) is 2.58. The van der Waals surface area contributed by atoms with Crippen LogP contribution in [0.25, 0.3) is 4.96 Å². The van der Waals surface area contributed by atoms with Crippen molar-refractivity contribution >= 4 is 28.1 Å². The van der Waals surface area contributed by atoms with Crippen molar-refractivity contribution in [3.63, 3.8) is 0 Å². The van der Waals surface area contributed by atoms with Gasteiger partial charge in [-0.1, -0.05) is 6.92 Å². The molecule has 1 atom stereocenters.